The van der Waals surface area contributed by atoms with Gasteiger partial charge in [0, 0.05) is 0 Å². The highest BCUT2D eigenvalue weighted by Gasteiger charge is 2.57. The van der Waals surface area contributed by atoms with Gasteiger partial charge in [0.25, 0.3) is 0 Å². The van der Waals surface area contributed by atoms with Gasteiger partial charge in [0.15, 0.2) is 11.4 Å². The molecule has 0 bridgehead atoms. The summed E-state index contributed by atoms with van der Waals surface area (Å²) >= 11 is 0. The summed E-state index contributed by atoms with van der Waals surface area (Å²) in [6.45, 7) is 1.75. The molecule has 12 nitrogen and oxygen atoms in total. The number of fused-ring (bicyclic) bond motifs is 1. The summed E-state index contributed by atoms with van der Waals surface area (Å²) in [6, 6.07) is 2.22. The van der Waals surface area contributed by atoms with Crippen LogP contribution in [0.5, 0.6) is 0 Å². The molecule has 0 radical (unpaired) electrons. The second-order valence-corrected chi connectivity index (χ2v) is 8.81. The number of nitrogens with two attached hydrogens (primary N) is 1. The zero-order valence-electron chi connectivity index (χ0n) is 18.3. The van der Waals surface area contributed by atoms with Gasteiger partial charge in [0.2, 0.25) is 0 Å². The van der Waals surface area contributed by atoms with E-state index in [2.05, 4.69) is 15.2 Å². The van der Waals surface area contributed by atoms with Crippen LogP contribution in [0.2, 0.25) is 0 Å². The van der Waals surface area contributed by atoms with Crippen molar-refractivity contribution < 1.29 is 38.0 Å². The van der Waals surface area contributed by atoms with Crippen molar-refractivity contribution in [3.8, 4) is 0 Å². The third-order valence-electron chi connectivity index (χ3n) is 5.38. The topological polar surface area (TPSA) is 171 Å². The van der Waals surface area contributed by atoms with Gasteiger partial charge < -0.3 is 25.4 Å². The number of esters is 1. The SMILES string of the molecule is CCCCOC(=O)[C@H](C)N[P+](=O)OC[C@@]1(CF)O[C@@H](c2ccc3c(N)ncnn23)[C@H](O)[C@@H]1O. The Balaban J connectivity index is 1.66. The number of carbonyl (C=O) groups excluding carboxylic acids is 1. The number of aliphatic hydroxyl groups is 2. The fourth-order valence-corrected chi connectivity index (χ4v) is 4.25. The molecule has 3 heterocycles. The molecule has 0 aliphatic carbocycles. The van der Waals surface area contributed by atoms with Crippen LogP contribution in [-0.2, 0) is 23.4 Å². The number of ether oxygens (including phenoxy) is 2. The van der Waals surface area contributed by atoms with E-state index < -0.39 is 57.4 Å². The number of alkyl halides is 1. The Morgan fingerprint density at radius 1 is 1.48 bits per heavy atom. The molecule has 1 unspecified atom stereocenters. The zero-order valence-corrected chi connectivity index (χ0v) is 19.2. The molecule has 1 aliphatic heterocycles. The van der Waals surface area contributed by atoms with E-state index in [1.165, 1.54) is 17.8 Å². The number of rotatable bonds is 11. The van der Waals surface area contributed by atoms with E-state index in [1.54, 1.807) is 12.1 Å². The summed E-state index contributed by atoms with van der Waals surface area (Å²) in [5, 5.41) is 27.6. The molecule has 0 aromatic carbocycles. The summed E-state index contributed by atoms with van der Waals surface area (Å²) in [6.07, 6.45) is -1.64. The van der Waals surface area contributed by atoms with Crippen LogP contribution in [0.25, 0.3) is 5.52 Å². The van der Waals surface area contributed by atoms with E-state index in [0.29, 0.717) is 17.6 Å². The molecule has 3 rings (SSSR count). The first-order valence-corrected chi connectivity index (χ1v) is 11.6. The fourth-order valence-electron chi connectivity index (χ4n) is 3.42. The second kappa shape index (κ2) is 10.8. The van der Waals surface area contributed by atoms with Gasteiger partial charge in [0.1, 0.15) is 49.5 Å². The van der Waals surface area contributed by atoms with Crippen LogP contribution in [0.4, 0.5) is 10.2 Å². The minimum Gasteiger partial charge on any atom is -0.464 e. The minimum atomic E-state index is -2.63. The van der Waals surface area contributed by atoms with Crippen molar-refractivity contribution in [3.63, 3.8) is 0 Å². The monoisotopic (exact) mass is 488 g/mol. The lowest BCUT2D eigenvalue weighted by Crippen LogP contribution is -2.48. The van der Waals surface area contributed by atoms with E-state index in [0.717, 1.165) is 6.42 Å². The van der Waals surface area contributed by atoms with Crippen LogP contribution in [0.1, 0.15) is 38.5 Å². The Labute approximate surface area is 190 Å². The number of unbranched alkanes of at least 4 members (excludes halogenated alkanes) is 1. The highest BCUT2D eigenvalue weighted by molar-refractivity contribution is 7.36. The molecule has 0 saturated carbocycles. The van der Waals surface area contributed by atoms with E-state index in [4.69, 9.17) is 19.7 Å². The number of nitrogens with one attached hydrogen (secondary N) is 1. The van der Waals surface area contributed by atoms with Gasteiger partial charge >= 0.3 is 14.1 Å². The smallest absolute Gasteiger partial charge is 0.464 e. The number of hydrogen-bond donors (Lipinski definition) is 4. The molecule has 1 saturated heterocycles. The Bertz CT molecular complexity index is 995. The zero-order chi connectivity index (χ0) is 24.2. The Hall–Kier alpha value is -2.28. The van der Waals surface area contributed by atoms with Crippen molar-refractivity contribution in [1.29, 1.82) is 0 Å². The number of hydrogen-bond acceptors (Lipinski definition) is 10. The fraction of sp³-hybridized carbons (Fsp3) is 0.632. The number of aliphatic hydroxyl groups excluding tert-OH is 2. The van der Waals surface area contributed by atoms with Crippen molar-refractivity contribution >= 4 is 25.5 Å². The van der Waals surface area contributed by atoms with E-state index in [9.17, 15) is 24.0 Å². The van der Waals surface area contributed by atoms with Crippen molar-refractivity contribution in [2.45, 2.75) is 56.6 Å². The first-order chi connectivity index (χ1) is 15.7. The van der Waals surface area contributed by atoms with E-state index >= 15 is 0 Å². The molecule has 0 amide bonds. The average molecular weight is 488 g/mol. The molecule has 6 atom stereocenters. The average Bonchev–Trinajstić information content (AvgIpc) is 3.33. The molecule has 5 N–H and O–H groups in total. The second-order valence-electron chi connectivity index (χ2n) is 7.78. The van der Waals surface area contributed by atoms with E-state index in [1.807, 2.05) is 6.92 Å². The third kappa shape index (κ3) is 5.29. The van der Waals surface area contributed by atoms with Crippen LogP contribution in [-0.4, -0.2) is 74.5 Å². The number of halogens is 1. The summed E-state index contributed by atoms with van der Waals surface area (Å²) < 4.78 is 43.6. The van der Waals surface area contributed by atoms with Gasteiger partial charge in [-0.3, -0.25) is 4.79 Å². The molecule has 0 spiro atoms. The quantitative estimate of drug-likeness (QED) is 0.200. The Kier molecular flexibility index (Phi) is 8.27. The summed E-state index contributed by atoms with van der Waals surface area (Å²) in [4.78, 5) is 15.8. The first-order valence-electron chi connectivity index (χ1n) is 10.4. The molecule has 33 heavy (non-hydrogen) atoms. The summed E-state index contributed by atoms with van der Waals surface area (Å²) in [5.74, 6) is -0.417. The highest BCUT2D eigenvalue weighted by atomic mass is 31.1. The number of nitrogen functional groups attached to an aromatic ring is 1. The number of aromatic nitrogens is 3. The molecule has 182 valence electrons. The molecule has 2 aromatic rings. The maximum atomic E-state index is 14.1. The summed E-state index contributed by atoms with van der Waals surface area (Å²) in [7, 11) is -2.63. The van der Waals surface area contributed by atoms with E-state index in [-0.39, 0.29) is 12.4 Å². The van der Waals surface area contributed by atoms with Crippen molar-refractivity contribution in [3.05, 3.63) is 24.2 Å². The maximum absolute atomic E-state index is 14.1. The number of nitrogens with zero attached hydrogens (tertiary/aromatic N) is 3. The highest BCUT2D eigenvalue weighted by Crippen LogP contribution is 2.42. The molecule has 14 heteroatoms. The van der Waals surface area contributed by atoms with Crippen LogP contribution < -0.4 is 10.8 Å². The standard InChI is InChI=1S/C19H28FN5O7P/c1-3-4-7-30-18(28)11(2)24-33(29)31-9-19(8-20)16(27)14(26)15(32-19)12-5-6-13-17(21)22-10-23-25(12)13/h5-6,10-11,14-16,26-27H,3-4,7-9H2,1-2H3,(H,24,29)(H2,21,22,23)/q+1/t11-,14-,15-,16-,19+/m0/s1. The predicted octanol–water partition coefficient (Wildman–Crippen LogP) is 0.808. The Morgan fingerprint density at radius 3 is 2.94 bits per heavy atom. The predicted molar refractivity (Wildman–Crippen MR) is 114 cm³/mol. The lowest BCUT2D eigenvalue weighted by atomic mass is 9.96. The van der Waals surface area contributed by atoms with Gasteiger partial charge in [-0.2, -0.15) is 5.10 Å². The van der Waals surface area contributed by atoms with Crippen LogP contribution >= 0.6 is 8.18 Å². The van der Waals surface area contributed by atoms with Crippen molar-refractivity contribution in [1.82, 2.24) is 19.7 Å². The lowest BCUT2D eigenvalue weighted by molar-refractivity contribution is -0.145. The first kappa shape index (κ1) is 25.3. The molecular formula is C19H28FN5O7P+. The number of anilines is 1. The van der Waals surface area contributed by atoms with Gasteiger partial charge in [-0.1, -0.05) is 18.4 Å². The summed E-state index contributed by atoms with van der Waals surface area (Å²) in [5.41, 5.74) is 4.57. The van der Waals surface area contributed by atoms with Gasteiger partial charge in [0.05, 0.1) is 12.3 Å². The normalized spacial score (nSPS) is 26.5. The van der Waals surface area contributed by atoms with Crippen molar-refractivity contribution in [2.75, 3.05) is 25.6 Å². The lowest BCUT2D eigenvalue weighted by Gasteiger charge is -2.26. The molecule has 1 aliphatic rings. The van der Waals surface area contributed by atoms with Crippen LogP contribution in [0.3, 0.4) is 0 Å². The van der Waals surface area contributed by atoms with Crippen LogP contribution in [0, 0.1) is 0 Å². The molecular weight excluding hydrogens is 460 g/mol. The minimum absolute atomic E-state index is 0.190. The maximum Gasteiger partial charge on any atom is 0.613 e. The van der Waals surface area contributed by atoms with Crippen molar-refractivity contribution in [2.24, 2.45) is 0 Å². The van der Waals surface area contributed by atoms with Gasteiger partial charge in [-0.15, -0.1) is 4.52 Å². The molecule has 1 fully saturated rings. The number of carbonyl (C=O) groups is 1. The Morgan fingerprint density at radius 2 is 2.24 bits per heavy atom. The van der Waals surface area contributed by atoms with Gasteiger partial charge in [-0.25, -0.2) is 13.9 Å². The third-order valence-corrected chi connectivity index (χ3v) is 6.35. The van der Waals surface area contributed by atoms with Crippen LogP contribution in [0.15, 0.2) is 18.5 Å². The van der Waals surface area contributed by atoms with Gasteiger partial charge in [-0.05, 0) is 30.0 Å². The largest absolute Gasteiger partial charge is 0.613 e. The molecule has 2 aromatic heterocycles.